The Morgan fingerprint density at radius 2 is 2.16 bits per heavy atom. The second kappa shape index (κ2) is 6.10. The van der Waals surface area contributed by atoms with E-state index in [0.717, 1.165) is 5.56 Å². The average Bonchev–Trinajstić information content (AvgIpc) is 2.81. The van der Waals surface area contributed by atoms with Crippen LogP contribution in [0.3, 0.4) is 0 Å². The Hall–Kier alpha value is -2.21. The van der Waals surface area contributed by atoms with Crippen LogP contribution in [0.1, 0.15) is 17.4 Å². The number of rotatable bonds is 6. The van der Waals surface area contributed by atoms with Gasteiger partial charge in [0.1, 0.15) is 12.4 Å². The summed E-state index contributed by atoms with van der Waals surface area (Å²) in [5, 5.41) is 16.4. The number of carboxylic acid groups (broad SMARTS) is 1. The number of aliphatic carboxylic acids is 1. The van der Waals surface area contributed by atoms with Gasteiger partial charge in [0.15, 0.2) is 5.82 Å². The molecule has 0 aliphatic rings. The molecule has 1 atom stereocenters. The Morgan fingerprint density at radius 3 is 2.74 bits per heavy atom. The Bertz CT molecular complexity index is 539. The van der Waals surface area contributed by atoms with Gasteiger partial charge in [-0.05, 0) is 5.56 Å². The molecule has 0 spiro atoms. The third-order valence-electron chi connectivity index (χ3n) is 2.72. The van der Waals surface area contributed by atoms with Crippen LogP contribution in [0.4, 0.5) is 0 Å². The van der Waals surface area contributed by atoms with E-state index in [1.807, 2.05) is 18.2 Å². The quantitative estimate of drug-likeness (QED) is 0.802. The highest BCUT2D eigenvalue weighted by atomic mass is 16.4. The summed E-state index contributed by atoms with van der Waals surface area (Å²) in [7, 11) is 1.80. The normalized spacial score (nSPS) is 12.3. The molecule has 2 aromatic rings. The zero-order valence-corrected chi connectivity index (χ0v) is 10.7. The highest BCUT2D eigenvalue weighted by Crippen LogP contribution is 2.12. The molecule has 1 aromatic carbocycles. The smallest absolute Gasteiger partial charge is 0.325 e. The van der Waals surface area contributed by atoms with Gasteiger partial charge in [0.25, 0.3) is 0 Å². The lowest BCUT2D eigenvalue weighted by Gasteiger charge is -2.14. The minimum Gasteiger partial charge on any atom is -0.480 e. The van der Waals surface area contributed by atoms with E-state index >= 15 is 0 Å². The lowest BCUT2D eigenvalue weighted by molar-refractivity contribution is -0.139. The topological polar surface area (TPSA) is 80.0 Å². The lowest BCUT2D eigenvalue weighted by Crippen LogP contribution is -2.30. The van der Waals surface area contributed by atoms with Crippen molar-refractivity contribution in [2.75, 3.05) is 6.54 Å². The second-order valence-corrected chi connectivity index (χ2v) is 4.22. The van der Waals surface area contributed by atoms with Crippen molar-refractivity contribution in [2.45, 2.75) is 12.5 Å². The third-order valence-corrected chi connectivity index (χ3v) is 2.72. The molecule has 0 aliphatic heterocycles. The van der Waals surface area contributed by atoms with E-state index < -0.39 is 12.0 Å². The molecule has 0 bridgehead atoms. The van der Waals surface area contributed by atoms with Crippen molar-refractivity contribution in [1.29, 1.82) is 0 Å². The van der Waals surface area contributed by atoms with Crippen LogP contribution in [0.15, 0.2) is 36.7 Å². The Balaban J connectivity index is 1.93. The van der Waals surface area contributed by atoms with E-state index in [1.165, 1.54) is 0 Å². The number of hydrogen-bond donors (Lipinski definition) is 2. The number of carbonyl (C=O) groups is 1. The van der Waals surface area contributed by atoms with Crippen LogP contribution >= 0.6 is 0 Å². The number of benzene rings is 1. The molecular weight excluding hydrogens is 244 g/mol. The van der Waals surface area contributed by atoms with Crippen molar-refractivity contribution in [1.82, 2.24) is 20.1 Å². The Morgan fingerprint density at radius 1 is 1.42 bits per heavy atom. The molecule has 0 fully saturated rings. The van der Waals surface area contributed by atoms with E-state index in [0.29, 0.717) is 18.8 Å². The van der Waals surface area contributed by atoms with Gasteiger partial charge in [0.05, 0.1) is 0 Å². The summed E-state index contributed by atoms with van der Waals surface area (Å²) in [6, 6.07) is 8.40. The zero-order valence-electron chi connectivity index (χ0n) is 10.7. The van der Waals surface area contributed by atoms with Gasteiger partial charge in [-0.15, -0.1) is 0 Å². The number of nitrogens with zero attached hydrogens (tertiary/aromatic N) is 3. The van der Waals surface area contributed by atoms with E-state index in [9.17, 15) is 9.90 Å². The minimum atomic E-state index is -0.889. The predicted molar refractivity (Wildman–Crippen MR) is 69.5 cm³/mol. The third kappa shape index (κ3) is 3.62. The fourth-order valence-corrected chi connectivity index (χ4v) is 1.82. The first-order valence-corrected chi connectivity index (χ1v) is 6.02. The molecule has 0 saturated carbocycles. The van der Waals surface area contributed by atoms with Crippen LogP contribution in [0.2, 0.25) is 0 Å². The second-order valence-electron chi connectivity index (χ2n) is 4.22. The monoisotopic (exact) mass is 260 g/mol. The summed E-state index contributed by atoms with van der Waals surface area (Å²) >= 11 is 0. The first kappa shape index (κ1) is 13.2. The van der Waals surface area contributed by atoms with E-state index in [4.69, 9.17) is 0 Å². The summed E-state index contributed by atoms with van der Waals surface area (Å²) < 4.78 is 1.63. The molecule has 100 valence electrons. The fourth-order valence-electron chi connectivity index (χ4n) is 1.82. The number of nitrogens with one attached hydrogen (secondary N) is 1. The van der Waals surface area contributed by atoms with Crippen LogP contribution < -0.4 is 5.32 Å². The van der Waals surface area contributed by atoms with Gasteiger partial charge in [-0.3, -0.25) is 9.48 Å². The molecule has 2 N–H and O–H groups in total. The summed E-state index contributed by atoms with van der Waals surface area (Å²) in [5.74, 6) is -0.188. The average molecular weight is 260 g/mol. The van der Waals surface area contributed by atoms with Crippen LogP contribution in [0, 0.1) is 0 Å². The van der Waals surface area contributed by atoms with Gasteiger partial charge in [0.2, 0.25) is 0 Å². The maximum Gasteiger partial charge on any atom is 0.325 e. The highest BCUT2D eigenvalue weighted by molar-refractivity contribution is 5.75. The van der Waals surface area contributed by atoms with Crippen molar-refractivity contribution >= 4 is 5.97 Å². The van der Waals surface area contributed by atoms with Gasteiger partial charge >= 0.3 is 5.97 Å². The Labute approximate surface area is 111 Å². The molecule has 19 heavy (non-hydrogen) atoms. The highest BCUT2D eigenvalue weighted by Gasteiger charge is 2.18. The number of hydrogen-bond acceptors (Lipinski definition) is 4. The van der Waals surface area contributed by atoms with Crippen LogP contribution in [-0.4, -0.2) is 32.4 Å². The maximum atomic E-state index is 11.2. The van der Waals surface area contributed by atoms with Crippen molar-refractivity contribution in [3.63, 3.8) is 0 Å². The molecule has 0 aliphatic carbocycles. The first-order valence-electron chi connectivity index (χ1n) is 6.02. The van der Waals surface area contributed by atoms with Crippen LogP contribution in [0.25, 0.3) is 0 Å². The van der Waals surface area contributed by atoms with Gasteiger partial charge in [-0.25, -0.2) is 4.98 Å². The molecule has 0 radical (unpaired) electrons. The molecule has 1 aromatic heterocycles. The molecular formula is C13H16N4O2. The van der Waals surface area contributed by atoms with Gasteiger partial charge < -0.3 is 10.4 Å². The van der Waals surface area contributed by atoms with Gasteiger partial charge in [-0.1, -0.05) is 30.3 Å². The van der Waals surface area contributed by atoms with Crippen molar-refractivity contribution in [3.8, 4) is 0 Å². The summed E-state index contributed by atoms with van der Waals surface area (Å²) in [4.78, 5) is 15.3. The van der Waals surface area contributed by atoms with Gasteiger partial charge in [-0.2, -0.15) is 5.10 Å². The SMILES string of the molecule is Cn1cnc(CCNC(C(=O)O)c2ccccc2)n1. The van der Waals surface area contributed by atoms with E-state index in [1.54, 1.807) is 30.2 Å². The van der Waals surface area contributed by atoms with E-state index in [-0.39, 0.29) is 0 Å². The maximum absolute atomic E-state index is 11.2. The lowest BCUT2D eigenvalue weighted by atomic mass is 10.1. The largest absolute Gasteiger partial charge is 0.480 e. The molecule has 6 heteroatoms. The summed E-state index contributed by atoms with van der Waals surface area (Å²) in [5.41, 5.74) is 0.740. The molecule has 2 rings (SSSR count). The molecule has 0 amide bonds. The van der Waals surface area contributed by atoms with Gasteiger partial charge in [0, 0.05) is 20.0 Å². The first-order chi connectivity index (χ1) is 9.16. The summed E-state index contributed by atoms with van der Waals surface area (Å²) in [6.07, 6.45) is 2.22. The standard InChI is InChI=1S/C13H16N4O2/c1-17-9-15-11(16-17)7-8-14-12(13(18)19)10-5-3-2-4-6-10/h2-6,9,12,14H,7-8H2,1H3,(H,18,19). The summed E-state index contributed by atoms with van der Waals surface area (Å²) in [6.45, 7) is 0.510. The number of aromatic nitrogens is 3. The van der Waals surface area contributed by atoms with E-state index in [2.05, 4.69) is 15.4 Å². The minimum absolute atomic E-state index is 0.510. The molecule has 0 saturated heterocycles. The predicted octanol–water partition coefficient (Wildman–Crippen LogP) is 0.773. The van der Waals surface area contributed by atoms with Crippen LogP contribution in [0.5, 0.6) is 0 Å². The molecule has 1 unspecified atom stereocenters. The fraction of sp³-hybridized carbons (Fsp3) is 0.308. The number of aryl methyl sites for hydroxylation is 1. The molecule has 1 heterocycles. The van der Waals surface area contributed by atoms with Crippen molar-refractivity contribution < 1.29 is 9.90 Å². The zero-order chi connectivity index (χ0) is 13.7. The van der Waals surface area contributed by atoms with Crippen LogP contribution in [-0.2, 0) is 18.3 Å². The van der Waals surface area contributed by atoms with Crippen molar-refractivity contribution in [3.05, 3.63) is 48.0 Å². The van der Waals surface area contributed by atoms with Crippen molar-refractivity contribution in [2.24, 2.45) is 7.05 Å². The molecule has 6 nitrogen and oxygen atoms in total. The number of carboxylic acids is 1. The Kier molecular flexibility index (Phi) is 4.25.